The fraction of sp³-hybridized carbons (Fsp3) is 0.500. The van der Waals surface area contributed by atoms with Gasteiger partial charge in [-0.3, -0.25) is 0 Å². The van der Waals surface area contributed by atoms with Crippen molar-refractivity contribution >= 4 is 21.1 Å². The minimum absolute atomic E-state index is 0.202. The van der Waals surface area contributed by atoms with Crippen molar-refractivity contribution in [2.24, 2.45) is 0 Å². The molecule has 0 bridgehead atoms. The van der Waals surface area contributed by atoms with Crippen molar-refractivity contribution in [3.63, 3.8) is 0 Å². The molecule has 24 heavy (non-hydrogen) atoms. The van der Waals surface area contributed by atoms with Gasteiger partial charge in [0.25, 0.3) is 0 Å². The van der Waals surface area contributed by atoms with Gasteiger partial charge in [-0.15, -0.1) is 0 Å². The van der Waals surface area contributed by atoms with Crippen molar-refractivity contribution in [1.29, 1.82) is 0 Å². The molecule has 0 aliphatic heterocycles. The van der Waals surface area contributed by atoms with Gasteiger partial charge in [-0.2, -0.15) is 0 Å². The Morgan fingerprint density at radius 2 is 1.46 bits per heavy atom. The molecule has 0 radical (unpaired) electrons. The van der Waals surface area contributed by atoms with Crippen LogP contribution in [0.3, 0.4) is 0 Å². The summed E-state index contributed by atoms with van der Waals surface area (Å²) in [5.41, 5.74) is 1.02. The topological polar surface area (TPSA) is 143 Å². The molecule has 0 aliphatic carbocycles. The first-order chi connectivity index (χ1) is 11.3. The molecule has 0 heterocycles. The number of carboxylic acid groups (broad SMARTS) is 2. The number of hydrogen-bond donors (Lipinski definition) is 0. The Bertz CT molecular complexity index is 580. The molecular weight excluding hydrogens is 332 g/mol. The highest BCUT2D eigenvalue weighted by molar-refractivity contribution is 6.17. The van der Waals surface area contributed by atoms with E-state index >= 15 is 0 Å². The van der Waals surface area contributed by atoms with Gasteiger partial charge in [-0.05, 0) is 36.8 Å². The van der Waals surface area contributed by atoms with Crippen LogP contribution in [0, 0.1) is 0 Å². The molecule has 134 valence electrons. The van der Waals surface area contributed by atoms with Crippen LogP contribution < -0.4 is 19.8 Å². The third-order valence-electron chi connectivity index (χ3n) is 3.41. The van der Waals surface area contributed by atoms with Gasteiger partial charge >= 0.3 is 0 Å². The van der Waals surface area contributed by atoms with Crippen LogP contribution >= 0.6 is 0 Å². The molecule has 1 aromatic carbocycles. The van der Waals surface area contributed by atoms with Gasteiger partial charge < -0.3 is 33.9 Å². The highest BCUT2D eigenvalue weighted by Crippen LogP contribution is 2.23. The summed E-state index contributed by atoms with van der Waals surface area (Å²) in [7, 11) is -3.63. The van der Waals surface area contributed by atoms with Gasteiger partial charge in [-0.1, -0.05) is 38.8 Å². The lowest BCUT2D eigenvalue weighted by Crippen LogP contribution is -2.34. The van der Waals surface area contributed by atoms with Crippen molar-refractivity contribution in [2.45, 2.75) is 52.4 Å². The maximum absolute atomic E-state index is 11.3. The van der Waals surface area contributed by atoms with Crippen LogP contribution in [0.4, 0.5) is 0 Å². The van der Waals surface area contributed by atoms with E-state index in [-0.39, 0.29) is 11.1 Å². The quantitative estimate of drug-likeness (QED) is 0.503. The van der Waals surface area contributed by atoms with E-state index in [0.717, 1.165) is 37.7 Å². The number of aryl methyl sites for hydroxylation is 1. The largest absolute Gasteiger partial charge is 0.672 e. The number of unbranched alkanes of at least 4 members (excludes halogenated alkanes) is 2. The lowest BCUT2D eigenvalue weighted by molar-refractivity contribution is -0.354. The highest BCUT2D eigenvalue weighted by Gasteiger charge is 2.14. The van der Waals surface area contributed by atoms with Crippen molar-refractivity contribution in [2.75, 3.05) is 0 Å². The fourth-order valence-electron chi connectivity index (χ4n) is 2.33. The Morgan fingerprint density at radius 3 is 1.88 bits per heavy atom. The fourth-order valence-corrected chi connectivity index (χ4v) is 2.33. The zero-order valence-electron chi connectivity index (χ0n) is 13.8. The third kappa shape index (κ3) is 7.36. The van der Waals surface area contributed by atoms with Crippen LogP contribution in [0.2, 0.25) is 0 Å². The van der Waals surface area contributed by atoms with Crippen molar-refractivity contribution < 1.29 is 33.9 Å². The summed E-state index contributed by atoms with van der Waals surface area (Å²) >= 11 is 0. The summed E-state index contributed by atoms with van der Waals surface area (Å²) in [5, 5.41) is 22.4. The summed E-state index contributed by atoms with van der Waals surface area (Å²) in [6.07, 6.45) is 4.97. The van der Waals surface area contributed by atoms with E-state index in [1.807, 2.05) is 6.92 Å². The summed E-state index contributed by atoms with van der Waals surface area (Å²) in [4.78, 5) is 39.4. The first-order valence-electron chi connectivity index (χ1n) is 7.71. The third-order valence-corrected chi connectivity index (χ3v) is 3.41. The number of carboxylic acids is 2. The van der Waals surface area contributed by atoms with E-state index in [1.165, 1.54) is 6.07 Å². The van der Waals surface area contributed by atoms with Gasteiger partial charge in [0.2, 0.25) is 0 Å². The molecule has 0 unspecified atom stereocenters. The molecule has 1 aromatic rings. The highest BCUT2D eigenvalue weighted by atomic mass is 28.3. The average Bonchev–Trinajstić information content (AvgIpc) is 2.49. The molecule has 0 aromatic heterocycles. The second-order valence-corrected chi connectivity index (χ2v) is 5.66. The van der Waals surface area contributed by atoms with Crippen LogP contribution in [0.15, 0.2) is 12.1 Å². The van der Waals surface area contributed by atoms with Crippen molar-refractivity contribution in [3.05, 3.63) is 34.4 Å². The van der Waals surface area contributed by atoms with E-state index in [1.54, 1.807) is 6.07 Å². The average molecular weight is 352 g/mol. The van der Waals surface area contributed by atoms with Crippen LogP contribution in [0.25, 0.3) is 0 Å². The van der Waals surface area contributed by atoms with Gasteiger partial charge in [0.1, 0.15) is 0 Å². The lowest BCUT2D eigenvalue weighted by atomic mass is 9.90. The first kappa shape index (κ1) is 21.8. The number of carbonyl (C=O) groups is 2. The smallest absolute Gasteiger partial charge is 0.0724 e. The minimum Gasteiger partial charge on any atom is -0.672 e. The molecule has 0 N–H and O–H groups in total. The molecule has 0 fully saturated rings. The summed E-state index contributed by atoms with van der Waals surface area (Å²) < 4.78 is 8.52. The monoisotopic (exact) mass is 352 g/mol. The normalized spacial score (nSPS) is 9.75. The second kappa shape index (κ2) is 11.3. The Hall–Kier alpha value is -2.22. The summed E-state index contributed by atoms with van der Waals surface area (Å²) in [6, 6.07) is 3.03. The molecule has 0 aliphatic rings. The first-order valence-corrected chi connectivity index (χ1v) is 8.94. The van der Waals surface area contributed by atoms with E-state index in [0.29, 0.717) is 12.0 Å². The molecule has 1 rings (SSSR count). The number of hydrogen-bond acceptors (Lipinski definition) is 7. The Kier molecular flexibility index (Phi) is 10.3. The minimum atomic E-state index is -3.63. The SMILES string of the molecule is CCCCc1ccc(C(=O)[O-])c(C(=O)[O-])c1CCCC.O=[Si]([O-])[O-]. The zero-order valence-corrected chi connectivity index (χ0v) is 14.8. The molecule has 8 heteroatoms. The van der Waals surface area contributed by atoms with Gasteiger partial charge in [0.05, 0.1) is 11.9 Å². The maximum Gasteiger partial charge on any atom is 0.0724 e. The molecule has 0 spiro atoms. The maximum atomic E-state index is 11.3. The molecule has 0 saturated carbocycles. The van der Waals surface area contributed by atoms with Gasteiger partial charge in [-0.25, -0.2) is 0 Å². The van der Waals surface area contributed by atoms with Crippen LogP contribution in [-0.2, 0) is 17.3 Å². The molecule has 0 saturated heterocycles. The number of aromatic carboxylic acids is 2. The Balaban J connectivity index is 0.00000118. The summed E-state index contributed by atoms with van der Waals surface area (Å²) in [6.45, 7) is 4.06. The van der Waals surface area contributed by atoms with Crippen LogP contribution in [0.1, 0.15) is 71.4 Å². The second-order valence-electron chi connectivity index (χ2n) is 5.16. The molecular formula is C16H20O7Si-4. The van der Waals surface area contributed by atoms with Crippen LogP contribution in [-0.4, -0.2) is 21.1 Å². The number of benzene rings is 1. The van der Waals surface area contributed by atoms with Crippen LogP contribution in [0.5, 0.6) is 0 Å². The van der Waals surface area contributed by atoms with E-state index in [4.69, 9.17) is 14.1 Å². The number of carbonyl (C=O) groups excluding carboxylic acids is 2. The predicted molar refractivity (Wildman–Crippen MR) is 78.8 cm³/mol. The summed E-state index contributed by atoms with van der Waals surface area (Å²) in [5.74, 6) is -2.90. The molecule has 0 amide bonds. The molecule has 0 atom stereocenters. The van der Waals surface area contributed by atoms with Crippen molar-refractivity contribution in [3.8, 4) is 0 Å². The lowest BCUT2D eigenvalue weighted by Gasteiger charge is -2.20. The standard InChI is InChI=1S/C16H22O4.O3Si/c1-3-5-7-11-9-10-13(15(17)18)14(16(19)20)12(11)8-6-4-2;1-4(2)3/h9-10H,3-8H2,1-2H3,(H,17,18)(H,19,20);/q;-2/p-2. The van der Waals surface area contributed by atoms with Crippen molar-refractivity contribution in [1.82, 2.24) is 0 Å². The Morgan fingerprint density at radius 1 is 0.958 bits per heavy atom. The number of rotatable bonds is 8. The van der Waals surface area contributed by atoms with E-state index in [2.05, 4.69) is 6.92 Å². The van der Waals surface area contributed by atoms with E-state index < -0.39 is 21.1 Å². The Labute approximate surface area is 142 Å². The predicted octanol–water partition coefficient (Wildman–Crippen LogP) is -1.78. The zero-order chi connectivity index (χ0) is 18.7. The van der Waals surface area contributed by atoms with E-state index in [9.17, 15) is 19.8 Å². The van der Waals surface area contributed by atoms with Gasteiger partial charge in [0, 0.05) is 20.3 Å². The van der Waals surface area contributed by atoms with Gasteiger partial charge in [0.15, 0.2) is 0 Å². The molecule has 7 nitrogen and oxygen atoms in total.